The molecule has 0 unspecified atom stereocenters. The minimum Gasteiger partial charge on any atom is -0.449 e. The third-order valence-corrected chi connectivity index (χ3v) is 5.17. The number of carbonyl (C=O) groups is 3. The third kappa shape index (κ3) is 5.17. The number of furan rings is 1. The van der Waals surface area contributed by atoms with Gasteiger partial charge in [0.2, 0.25) is 5.76 Å². The molecule has 3 aromatic rings. The van der Waals surface area contributed by atoms with Gasteiger partial charge in [0.15, 0.2) is 6.10 Å². The summed E-state index contributed by atoms with van der Waals surface area (Å²) < 4.78 is 10.9. The van der Waals surface area contributed by atoms with Crippen LogP contribution in [0.1, 0.15) is 28.6 Å². The first-order valence-electron chi connectivity index (χ1n) is 8.89. The van der Waals surface area contributed by atoms with Gasteiger partial charge in [-0.2, -0.15) is 11.8 Å². The van der Waals surface area contributed by atoms with E-state index in [1.165, 1.54) is 12.5 Å². The number of nitrogens with one attached hydrogen (secondary N) is 1. The molecule has 8 heteroatoms. The van der Waals surface area contributed by atoms with Gasteiger partial charge in [0, 0.05) is 22.5 Å². The summed E-state index contributed by atoms with van der Waals surface area (Å²) >= 11 is 1.64. The van der Waals surface area contributed by atoms with Crippen molar-refractivity contribution in [2.75, 3.05) is 0 Å². The summed E-state index contributed by atoms with van der Waals surface area (Å²) in [5.74, 6) is -0.235. The first-order chi connectivity index (χ1) is 14.0. The summed E-state index contributed by atoms with van der Waals surface area (Å²) in [5, 5.41) is 2.70. The molecule has 0 aliphatic carbocycles. The van der Waals surface area contributed by atoms with Crippen molar-refractivity contribution < 1.29 is 23.5 Å². The SMILES string of the molecule is C[C@H](OC(=O)c1oc2ccccc2c1CSCc1ccccc1)C(=O)NC(N)=O. The molecule has 3 rings (SSSR count). The lowest BCUT2D eigenvalue weighted by molar-refractivity contribution is -0.127. The number of imide groups is 1. The Morgan fingerprint density at radius 1 is 1.07 bits per heavy atom. The number of esters is 1. The molecular weight excluding hydrogens is 392 g/mol. The number of carbonyl (C=O) groups excluding carboxylic acids is 3. The highest BCUT2D eigenvalue weighted by molar-refractivity contribution is 7.97. The Morgan fingerprint density at radius 2 is 1.76 bits per heavy atom. The zero-order valence-corrected chi connectivity index (χ0v) is 16.5. The third-order valence-electron chi connectivity index (χ3n) is 4.14. The zero-order chi connectivity index (χ0) is 20.8. The Kier molecular flexibility index (Phi) is 6.56. The maximum absolute atomic E-state index is 12.6. The minimum atomic E-state index is -1.20. The summed E-state index contributed by atoms with van der Waals surface area (Å²) in [4.78, 5) is 35.2. The van der Waals surface area contributed by atoms with Gasteiger partial charge in [0.05, 0.1) is 0 Å². The number of fused-ring (bicyclic) bond motifs is 1. The van der Waals surface area contributed by atoms with Crippen molar-refractivity contribution in [3.63, 3.8) is 0 Å². The van der Waals surface area contributed by atoms with Crippen LogP contribution < -0.4 is 11.1 Å². The molecule has 1 aromatic heterocycles. The van der Waals surface area contributed by atoms with E-state index in [4.69, 9.17) is 14.9 Å². The fourth-order valence-corrected chi connectivity index (χ4v) is 3.76. The Balaban J connectivity index is 1.77. The largest absolute Gasteiger partial charge is 0.449 e. The van der Waals surface area contributed by atoms with E-state index in [-0.39, 0.29) is 5.76 Å². The molecule has 150 valence electrons. The Hall–Kier alpha value is -3.26. The molecule has 1 heterocycles. The van der Waals surface area contributed by atoms with Gasteiger partial charge < -0.3 is 14.9 Å². The monoisotopic (exact) mass is 412 g/mol. The van der Waals surface area contributed by atoms with Crippen molar-refractivity contribution in [3.05, 3.63) is 71.5 Å². The van der Waals surface area contributed by atoms with E-state index in [9.17, 15) is 14.4 Å². The zero-order valence-electron chi connectivity index (χ0n) is 15.7. The number of hydrogen-bond donors (Lipinski definition) is 2. The second-order valence-corrected chi connectivity index (χ2v) is 7.27. The van der Waals surface area contributed by atoms with Gasteiger partial charge in [-0.1, -0.05) is 48.5 Å². The maximum atomic E-state index is 12.6. The number of urea groups is 1. The molecule has 1 atom stereocenters. The molecule has 0 radical (unpaired) electrons. The normalized spacial score (nSPS) is 11.8. The van der Waals surface area contributed by atoms with Crippen LogP contribution in [0.15, 0.2) is 59.0 Å². The van der Waals surface area contributed by atoms with E-state index in [1.807, 2.05) is 53.8 Å². The van der Waals surface area contributed by atoms with E-state index in [0.717, 1.165) is 11.1 Å². The second kappa shape index (κ2) is 9.29. The van der Waals surface area contributed by atoms with Gasteiger partial charge in [-0.3, -0.25) is 10.1 Å². The van der Waals surface area contributed by atoms with E-state index in [0.29, 0.717) is 16.9 Å². The summed E-state index contributed by atoms with van der Waals surface area (Å²) in [6, 6.07) is 16.3. The summed E-state index contributed by atoms with van der Waals surface area (Å²) in [6.07, 6.45) is -1.20. The number of ether oxygens (including phenoxy) is 1. The number of rotatable bonds is 7. The predicted octanol–water partition coefficient (Wildman–Crippen LogP) is 3.61. The number of thioether (sulfide) groups is 1. The number of hydrogen-bond acceptors (Lipinski definition) is 6. The molecule has 3 N–H and O–H groups in total. The molecular formula is C21H20N2O5S. The van der Waals surface area contributed by atoms with Crippen LogP contribution in [0.4, 0.5) is 4.79 Å². The van der Waals surface area contributed by atoms with Crippen LogP contribution in [0.3, 0.4) is 0 Å². The van der Waals surface area contributed by atoms with Crippen molar-refractivity contribution in [3.8, 4) is 0 Å². The maximum Gasteiger partial charge on any atom is 0.375 e. The average molecular weight is 412 g/mol. The van der Waals surface area contributed by atoms with E-state index in [2.05, 4.69) is 0 Å². The van der Waals surface area contributed by atoms with Crippen LogP contribution >= 0.6 is 11.8 Å². The van der Waals surface area contributed by atoms with Crippen LogP contribution in [0.2, 0.25) is 0 Å². The first kappa shape index (κ1) is 20.5. The molecule has 0 spiro atoms. The van der Waals surface area contributed by atoms with Gasteiger partial charge >= 0.3 is 12.0 Å². The molecule has 0 saturated heterocycles. The lowest BCUT2D eigenvalue weighted by atomic mass is 10.1. The standard InChI is InChI=1S/C21H20N2O5S/c1-13(19(24)23-21(22)26)27-20(25)18-16(15-9-5-6-10-17(15)28-18)12-29-11-14-7-3-2-4-8-14/h2-10,13H,11-12H2,1H3,(H3,22,23,24,26)/t13-/m0/s1. The van der Waals surface area contributed by atoms with Crippen LogP contribution in [-0.4, -0.2) is 24.0 Å². The Morgan fingerprint density at radius 3 is 2.48 bits per heavy atom. The van der Waals surface area contributed by atoms with Crippen molar-refractivity contribution >= 4 is 40.6 Å². The predicted molar refractivity (Wildman–Crippen MR) is 110 cm³/mol. The number of primary amides is 1. The summed E-state index contributed by atoms with van der Waals surface area (Å²) in [5.41, 5.74) is 7.35. The molecule has 0 bridgehead atoms. The van der Waals surface area contributed by atoms with Crippen molar-refractivity contribution in [2.24, 2.45) is 5.73 Å². The minimum absolute atomic E-state index is 0.0467. The van der Waals surface area contributed by atoms with Crippen molar-refractivity contribution in [1.82, 2.24) is 5.32 Å². The van der Waals surface area contributed by atoms with Crippen LogP contribution in [-0.2, 0) is 21.0 Å². The molecule has 3 amide bonds. The quantitative estimate of drug-likeness (QED) is 0.574. The van der Waals surface area contributed by atoms with E-state index >= 15 is 0 Å². The van der Waals surface area contributed by atoms with Crippen LogP contribution in [0.25, 0.3) is 11.0 Å². The van der Waals surface area contributed by atoms with Crippen molar-refractivity contribution in [2.45, 2.75) is 24.5 Å². The van der Waals surface area contributed by atoms with Gasteiger partial charge in [0.1, 0.15) is 5.58 Å². The molecule has 0 aliphatic rings. The molecule has 2 aromatic carbocycles. The number of benzene rings is 2. The fraction of sp³-hybridized carbons (Fsp3) is 0.190. The lowest BCUT2D eigenvalue weighted by Gasteiger charge is -2.11. The fourth-order valence-electron chi connectivity index (χ4n) is 2.74. The molecule has 29 heavy (non-hydrogen) atoms. The lowest BCUT2D eigenvalue weighted by Crippen LogP contribution is -2.42. The molecule has 0 aliphatic heterocycles. The first-order valence-corrected chi connectivity index (χ1v) is 10.0. The highest BCUT2D eigenvalue weighted by Crippen LogP contribution is 2.31. The van der Waals surface area contributed by atoms with Crippen LogP contribution in [0, 0.1) is 0 Å². The van der Waals surface area contributed by atoms with Crippen LogP contribution in [0.5, 0.6) is 0 Å². The number of para-hydroxylation sites is 1. The Bertz CT molecular complexity index is 1030. The summed E-state index contributed by atoms with van der Waals surface area (Å²) in [7, 11) is 0. The molecule has 0 saturated carbocycles. The van der Waals surface area contributed by atoms with Gasteiger partial charge in [-0.15, -0.1) is 0 Å². The topological polar surface area (TPSA) is 112 Å². The summed E-state index contributed by atoms with van der Waals surface area (Å²) in [6.45, 7) is 1.35. The number of nitrogens with two attached hydrogens (primary N) is 1. The highest BCUT2D eigenvalue weighted by atomic mass is 32.2. The smallest absolute Gasteiger partial charge is 0.375 e. The van der Waals surface area contributed by atoms with Gasteiger partial charge in [-0.25, -0.2) is 9.59 Å². The van der Waals surface area contributed by atoms with E-state index < -0.39 is 24.0 Å². The molecule has 0 fully saturated rings. The van der Waals surface area contributed by atoms with Gasteiger partial charge in [0.25, 0.3) is 5.91 Å². The highest BCUT2D eigenvalue weighted by Gasteiger charge is 2.26. The molecule has 7 nitrogen and oxygen atoms in total. The number of amides is 3. The Labute approximate surface area is 171 Å². The average Bonchev–Trinajstić information content (AvgIpc) is 3.07. The van der Waals surface area contributed by atoms with Gasteiger partial charge in [-0.05, 0) is 18.6 Å². The van der Waals surface area contributed by atoms with Crippen molar-refractivity contribution in [1.29, 1.82) is 0 Å². The van der Waals surface area contributed by atoms with E-state index in [1.54, 1.807) is 17.8 Å². The second-order valence-electron chi connectivity index (χ2n) is 6.29.